The minimum Gasteiger partial charge on any atom is -0.0654 e. The third kappa shape index (κ3) is 5.36. The minimum atomic E-state index is 1.22. The molecule has 0 heterocycles. The highest BCUT2D eigenvalue weighted by molar-refractivity contribution is 9.10. The lowest BCUT2D eigenvalue weighted by atomic mass is 10.1. The molecule has 84 valence electrons. The first-order valence-electron chi connectivity index (χ1n) is 6.08. The average molecular weight is 269 g/mol. The normalized spacial score (nSPS) is 10.5. The number of hydrogen-bond acceptors (Lipinski definition) is 0. The SMILES string of the molecule is CCCCCCCCc1ccccc1Br. The minimum absolute atomic E-state index is 1.22. The Morgan fingerprint density at radius 2 is 1.60 bits per heavy atom. The van der Waals surface area contributed by atoms with Crippen LogP contribution in [0.3, 0.4) is 0 Å². The molecule has 0 amide bonds. The third-order valence-corrected chi connectivity index (χ3v) is 3.53. The van der Waals surface area contributed by atoms with Gasteiger partial charge in [0.1, 0.15) is 0 Å². The quantitative estimate of drug-likeness (QED) is 0.585. The predicted molar refractivity (Wildman–Crippen MR) is 71.2 cm³/mol. The predicted octanol–water partition coefficient (Wildman–Crippen LogP) is 5.35. The molecule has 1 aromatic carbocycles. The summed E-state index contributed by atoms with van der Waals surface area (Å²) in [6.07, 6.45) is 9.46. The van der Waals surface area contributed by atoms with Gasteiger partial charge < -0.3 is 0 Å². The molecule has 0 saturated carbocycles. The van der Waals surface area contributed by atoms with E-state index in [2.05, 4.69) is 47.1 Å². The molecule has 0 atom stereocenters. The summed E-state index contributed by atoms with van der Waals surface area (Å²) in [4.78, 5) is 0. The fourth-order valence-corrected chi connectivity index (χ4v) is 2.28. The van der Waals surface area contributed by atoms with Crippen molar-refractivity contribution in [1.29, 1.82) is 0 Å². The van der Waals surface area contributed by atoms with Gasteiger partial charge in [0.05, 0.1) is 0 Å². The Kier molecular flexibility index (Phi) is 6.74. The van der Waals surface area contributed by atoms with Crippen molar-refractivity contribution < 1.29 is 0 Å². The van der Waals surface area contributed by atoms with E-state index in [1.165, 1.54) is 55.0 Å². The third-order valence-electron chi connectivity index (χ3n) is 2.76. The number of hydrogen-bond donors (Lipinski definition) is 0. The molecule has 0 aliphatic rings. The van der Waals surface area contributed by atoms with Crippen LogP contribution < -0.4 is 0 Å². The van der Waals surface area contributed by atoms with Crippen molar-refractivity contribution in [1.82, 2.24) is 0 Å². The van der Waals surface area contributed by atoms with Crippen LogP contribution >= 0.6 is 15.9 Å². The maximum Gasteiger partial charge on any atom is 0.0207 e. The molecule has 0 N–H and O–H groups in total. The van der Waals surface area contributed by atoms with Crippen LogP contribution in [-0.4, -0.2) is 0 Å². The summed E-state index contributed by atoms with van der Waals surface area (Å²) in [6.45, 7) is 2.26. The summed E-state index contributed by atoms with van der Waals surface area (Å²) in [5, 5.41) is 0. The zero-order valence-corrected chi connectivity index (χ0v) is 11.2. The van der Waals surface area contributed by atoms with Crippen LogP contribution in [0.15, 0.2) is 28.7 Å². The van der Waals surface area contributed by atoms with E-state index in [0.29, 0.717) is 0 Å². The molecule has 0 nitrogen and oxygen atoms in total. The molecule has 0 aromatic heterocycles. The first-order valence-corrected chi connectivity index (χ1v) is 6.87. The summed E-state index contributed by atoms with van der Waals surface area (Å²) in [5.74, 6) is 0. The van der Waals surface area contributed by atoms with Crippen molar-refractivity contribution in [3.05, 3.63) is 34.3 Å². The standard InChI is InChI=1S/C14H21Br/c1-2-3-4-5-6-7-10-13-11-8-9-12-14(13)15/h8-9,11-12H,2-7,10H2,1H3. The summed E-state index contributed by atoms with van der Waals surface area (Å²) in [5.41, 5.74) is 1.45. The summed E-state index contributed by atoms with van der Waals surface area (Å²) < 4.78 is 1.26. The topological polar surface area (TPSA) is 0 Å². The maximum absolute atomic E-state index is 3.59. The molecule has 0 spiro atoms. The Morgan fingerprint density at radius 3 is 2.33 bits per heavy atom. The van der Waals surface area contributed by atoms with E-state index in [1.807, 2.05) is 0 Å². The van der Waals surface area contributed by atoms with E-state index in [0.717, 1.165) is 0 Å². The molecule has 0 saturated heterocycles. The van der Waals surface area contributed by atoms with Gasteiger partial charge in [-0.2, -0.15) is 0 Å². The van der Waals surface area contributed by atoms with Crippen molar-refractivity contribution in [2.75, 3.05) is 0 Å². The molecule has 1 heteroatoms. The van der Waals surface area contributed by atoms with Gasteiger partial charge in [0.15, 0.2) is 0 Å². The van der Waals surface area contributed by atoms with E-state index in [1.54, 1.807) is 0 Å². The second-order valence-electron chi connectivity index (χ2n) is 4.11. The average Bonchev–Trinajstić information content (AvgIpc) is 2.25. The Labute approximate surface area is 102 Å². The van der Waals surface area contributed by atoms with Crippen molar-refractivity contribution >= 4 is 15.9 Å². The fourth-order valence-electron chi connectivity index (χ4n) is 1.80. The van der Waals surface area contributed by atoms with Gasteiger partial charge in [0.2, 0.25) is 0 Å². The Bertz CT molecular complexity index is 268. The smallest absolute Gasteiger partial charge is 0.0207 e. The maximum atomic E-state index is 3.59. The Balaban J connectivity index is 2.12. The van der Waals surface area contributed by atoms with Crippen molar-refractivity contribution in [2.45, 2.75) is 51.9 Å². The summed E-state index contributed by atoms with van der Waals surface area (Å²) in [7, 11) is 0. The van der Waals surface area contributed by atoms with Gasteiger partial charge >= 0.3 is 0 Å². The van der Waals surface area contributed by atoms with Crippen LogP contribution in [0.4, 0.5) is 0 Å². The highest BCUT2D eigenvalue weighted by Gasteiger charge is 1.97. The zero-order chi connectivity index (χ0) is 10.9. The summed E-state index contributed by atoms with van der Waals surface area (Å²) >= 11 is 3.59. The van der Waals surface area contributed by atoms with Gasteiger partial charge in [-0.15, -0.1) is 0 Å². The second-order valence-corrected chi connectivity index (χ2v) is 4.96. The molecule has 0 unspecified atom stereocenters. The number of rotatable bonds is 7. The molecule has 0 fully saturated rings. The van der Waals surface area contributed by atoms with Crippen LogP contribution in [0, 0.1) is 0 Å². The van der Waals surface area contributed by atoms with Gasteiger partial charge in [-0.05, 0) is 24.5 Å². The van der Waals surface area contributed by atoms with E-state index in [9.17, 15) is 0 Å². The fraction of sp³-hybridized carbons (Fsp3) is 0.571. The zero-order valence-electron chi connectivity index (χ0n) is 9.64. The van der Waals surface area contributed by atoms with Crippen molar-refractivity contribution in [3.63, 3.8) is 0 Å². The first kappa shape index (κ1) is 12.8. The summed E-state index contributed by atoms with van der Waals surface area (Å²) in [6, 6.07) is 8.55. The highest BCUT2D eigenvalue weighted by atomic mass is 79.9. The van der Waals surface area contributed by atoms with E-state index >= 15 is 0 Å². The lowest BCUT2D eigenvalue weighted by Gasteiger charge is -2.03. The number of unbranched alkanes of at least 4 members (excludes halogenated alkanes) is 5. The Morgan fingerprint density at radius 1 is 0.933 bits per heavy atom. The molecule has 15 heavy (non-hydrogen) atoms. The van der Waals surface area contributed by atoms with E-state index < -0.39 is 0 Å². The highest BCUT2D eigenvalue weighted by Crippen LogP contribution is 2.18. The molecular formula is C14H21Br. The van der Waals surface area contributed by atoms with E-state index in [4.69, 9.17) is 0 Å². The van der Waals surface area contributed by atoms with Gasteiger partial charge in [-0.25, -0.2) is 0 Å². The van der Waals surface area contributed by atoms with Crippen LogP contribution in [0.2, 0.25) is 0 Å². The van der Waals surface area contributed by atoms with Crippen molar-refractivity contribution in [3.8, 4) is 0 Å². The first-order chi connectivity index (χ1) is 7.34. The van der Waals surface area contributed by atoms with Crippen LogP contribution in [0.25, 0.3) is 0 Å². The molecule has 0 aliphatic carbocycles. The van der Waals surface area contributed by atoms with Gasteiger partial charge in [0.25, 0.3) is 0 Å². The lowest BCUT2D eigenvalue weighted by Crippen LogP contribution is -1.87. The molecule has 0 radical (unpaired) electrons. The monoisotopic (exact) mass is 268 g/mol. The van der Waals surface area contributed by atoms with Crippen LogP contribution in [0.1, 0.15) is 51.0 Å². The molecular weight excluding hydrogens is 248 g/mol. The van der Waals surface area contributed by atoms with Crippen LogP contribution in [0.5, 0.6) is 0 Å². The second kappa shape index (κ2) is 7.92. The van der Waals surface area contributed by atoms with Gasteiger partial charge in [-0.1, -0.05) is 73.2 Å². The Hall–Kier alpha value is -0.300. The molecule has 1 rings (SSSR count). The van der Waals surface area contributed by atoms with Gasteiger partial charge in [-0.3, -0.25) is 0 Å². The van der Waals surface area contributed by atoms with Gasteiger partial charge in [0, 0.05) is 4.47 Å². The molecule has 1 aromatic rings. The molecule has 0 bridgehead atoms. The van der Waals surface area contributed by atoms with Crippen LogP contribution in [-0.2, 0) is 6.42 Å². The number of benzene rings is 1. The number of halogens is 1. The lowest BCUT2D eigenvalue weighted by molar-refractivity contribution is 0.607. The van der Waals surface area contributed by atoms with E-state index in [-0.39, 0.29) is 0 Å². The largest absolute Gasteiger partial charge is 0.0654 e. The van der Waals surface area contributed by atoms with Crippen molar-refractivity contribution in [2.24, 2.45) is 0 Å². The molecule has 0 aliphatic heterocycles. The number of aryl methyl sites for hydroxylation is 1.